The Balaban J connectivity index is 1.86. The van der Waals surface area contributed by atoms with Crippen LogP contribution >= 0.6 is 35.4 Å². The highest BCUT2D eigenvalue weighted by atomic mass is 35.5. The number of amides is 1. The number of nitrogens with zero attached hydrogens (tertiary/aromatic N) is 1. The summed E-state index contributed by atoms with van der Waals surface area (Å²) < 4.78 is 5.29. The van der Waals surface area contributed by atoms with Crippen molar-refractivity contribution in [3.63, 3.8) is 0 Å². The van der Waals surface area contributed by atoms with E-state index < -0.39 is 12.0 Å². The van der Waals surface area contributed by atoms with Crippen molar-refractivity contribution in [2.24, 2.45) is 0 Å². The molecule has 1 atom stereocenters. The second kappa shape index (κ2) is 10.3. The number of benzene rings is 2. The third-order valence-electron chi connectivity index (χ3n) is 5.03. The second-order valence-electron chi connectivity index (χ2n) is 7.08. The molecule has 0 aliphatic carbocycles. The number of thiocarbonyl (C=S) groups is 1. The molecule has 2 aromatic rings. The predicted octanol–water partition coefficient (Wildman–Crippen LogP) is 5.33. The zero-order valence-corrected chi connectivity index (χ0v) is 20.2. The summed E-state index contributed by atoms with van der Waals surface area (Å²) in [6.07, 6.45) is 0. The van der Waals surface area contributed by atoms with Crippen LogP contribution in [0.25, 0.3) is 0 Å². The number of anilines is 1. The lowest BCUT2D eigenvalue weighted by Crippen LogP contribution is -2.47. The molecule has 0 bridgehead atoms. The largest absolute Gasteiger partial charge is 0.463 e. The Labute approximate surface area is 202 Å². The highest BCUT2D eigenvalue weighted by Gasteiger charge is 2.34. The molecular formula is C23H23Cl2N3O3S. The third-order valence-corrected chi connectivity index (χ3v) is 5.81. The van der Waals surface area contributed by atoms with Gasteiger partial charge >= 0.3 is 5.97 Å². The van der Waals surface area contributed by atoms with Gasteiger partial charge in [-0.1, -0.05) is 35.3 Å². The van der Waals surface area contributed by atoms with Crippen LogP contribution in [0.3, 0.4) is 0 Å². The van der Waals surface area contributed by atoms with Gasteiger partial charge in [0.15, 0.2) is 5.11 Å². The number of hydrogen-bond acceptors (Lipinski definition) is 4. The van der Waals surface area contributed by atoms with Crippen LogP contribution in [0.5, 0.6) is 0 Å². The van der Waals surface area contributed by atoms with Crippen molar-refractivity contribution < 1.29 is 14.3 Å². The third kappa shape index (κ3) is 5.23. The van der Waals surface area contributed by atoms with Gasteiger partial charge in [-0.15, -0.1) is 0 Å². The second-order valence-corrected chi connectivity index (χ2v) is 8.34. The molecule has 9 heteroatoms. The maximum atomic E-state index is 12.7. The minimum atomic E-state index is -0.458. The first-order valence-electron chi connectivity index (χ1n) is 10.1. The summed E-state index contributed by atoms with van der Waals surface area (Å²) in [6.45, 7) is 6.50. The van der Waals surface area contributed by atoms with Crippen molar-refractivity contribution in [2.75, 3.05) is 18.5 Å². The number of halogens is 2. The fourth-order valence-electron chi connectivity index (χ4n) is 3.53. The van der Waals surface area contributed by atoms with Crippen molar-refractivity contribution in [3.05, 3.63) is 74.9 Å². The highest BCUT2D eigenvalue weighted by molar-refractivity contribution is 7.80. The molecule has 168 valence electrons. The fourth-order valence-corrected chi connectivity index (χ4v) is 4.44. The van der Waals surface area contributed by atoms with Gasteiger partial charge < -0.3 is 20.3 Å². The Hall–Kier alpha value is -2.61. The molecule has 3 rings (SSSR count). The number of allylic oxidation sites excluding steroid dienone is 1. The monoisotopic (exact) mass is 491 g/mol. The Morgan fingerprint density at radius 2 is 1.75 bits per heavy atom. The summed E-state index contributed by atoms with van der Waals surface area (Å²) in [6, 6.07) is 11.4. The molecule has 6 nitrogen and oxygen atoms in total. The van der Waals surface area contributed by atoms with E-state index >= 15 is 0 Å². The Morgan fingerprint density at radius 1 is 1.12 bits per heavy atom. The SMILES string of the molecule is CCOC(=O)C1=C(C)N(CC)C(=S)N[C@@H]1c1ccc(NC(=O)c2cc(Cl)cc(Cl)c2)cc1. The first-order valence-corrected chi connectivity index (χ1v) is 11.2. The molecule has 1 aliphatic rings. The van der Waals surface area contributed by atoms with E-state index in [9.17, 15) is 9.59 Å². The lowest BCUT2D eigenvalue weighted by molar-refractivity contribution is -0.139. The van der Waals surface area contributed by atoms with E-state index in [2.05, 4.69) is 10.6 Å². The van der Waals surface area contributed by atoms with E-state index in [1.807, 2.05) is 30.9 Å². The average molecular weight is 492 g/mol. The Bertz CT molecular complexity index is 1070. The zero-order valence-electron chi connectivity index (χ0n) is 17.9. The van der Waals surface area contributed by atoms with Crippen LogP contribution in [0.4, 0.5) is 5.69 Å². The molecule has 0 saturated heterocycles. The Kier molecular flexibility index (Phi) is 7.77. The molecule has 1 heterocycles. The van der Waals surface area contributed by atoms with Crippen molar-refractivity contribution in [3.8, 4) is 0 Å². The molecule has 0 aromatic heterocycles. The van der Waals surface area contributed by atoms with E-state index in [1.54, 1.807) is 37.3 Å². The van der Waals surface area contributed by atoms with Crippen LogP contribution in [0, 0.1) is 0 Å². The summed E-state index contributed by atoms with van der Waals surface area (Å²) in [5, 5.41) is 7.35. The van der Waals surface area contributed by atoms with Gasteiger partial charge in [-0.3, -0.25) is 4.79 Å². The number of hydrogen-bond donors (Lipinski definition) is 2. The van der Waals surface area contributed by atoms with Crippen LogP contribution < -0.4 is 10.6 Å². The van der Waals surface area contributed by atoms with E-state index in [1.165, 1.54) is 0 Å². The molecule has 1 aliphatic heterocycles. The minimum Gasteiger partial charge on any atom is -0.463 e. The molecular weight excluding hydrogens is 469 g/mol. The first-order chi connectivity index (χ1) is 15.2. The van der Waals surface area contributed by atoms with Crippen molar-refractivity contribution in [1.29, 1.82) is 0 Å². The van der Waals surface area contributed by atoms with Gasteiger partial charge in [-0.25, -0.2) is 4.79 Å². The lowest BCUT2D eigenvalue weighted by Gasteiger charge is -2.37. The maximum Gasteiger partial charge on any atom is 0.338 e. The first kappa shape index (κ1) is 24.0. The van der Waals surface area contributed by atoms with Crippen LogP contribution in [0.1, 0.15) is 42.7 Å². The quantitative estimate of drug-likeness (QED) is 0.420. The van der Waals surface area contributed by atoms with Gasteiger partial charge in [0.25, 0.3) is 5.91 Å². The van der Waals surface area contributed by atoms with Crippen LogP contribution in [0.15, 0.2) is 53.7 Å². The van der Waals surface area contributed by atoms with E-state index in [0.717, 1.165) is 11.3 Å². The van der Waals surface area contributed by atoms with Gasteiger partial charge in [0.05, 0.1) is 18.2 Å². The van der Waals surface area contributed by atoms with E-state index in [4.69, 9.17) is 40.2 Å². The summed E-state index contributed by atoms with van der Waals surface area (Å²) in [5.41, 5.74) is 3.02. The van der Waals surface area contributed by atoms with Gasteiger partial charge in [0.2, 0.25) is 0 Å². The normalized spacial score (nSPS) is 16.0. The van der Waals surface area contributed by atoms with Crippen LogP contribution in [0.2, 0.25) is 10.0 Å². The minimum absolute atomic E-state index is 0.275. The van der Waals surface area contributed by atoms with Crippen LogP contribution in [-0.4, -0.2) is 35.0 Å². The number of carbonyl (C=O) groups excluding carboxylic acids is 2. The van der Waals surface area contributed by atoms with Gasteiger partial charge in [-0.05, 0) is 68.9 Å². The van der Waals surface area contributed by atoms with Gasteiger partial charge in [-0.2, -0.15) is 0 Å². The molecule has 2 aromatic carbocycles. The van der Waals surface area contributed by atoms with E-state index in [-0.39, 0.29) is 12.5 Å². The summed E-state index contributed by atoms with van der Waals surface area (Å²) in [4.78, 5) is 27.1. The highest BCUT2D eigenvalue weighted by Crippen LogP contribution is 2.32. The molecule has 2 N–H and O–H groups in total. The molecule has 32 heavy (non-hydrogen) atoms. The van der Waals surface area contributed by atoms with Crippen molar-refractivity contribution in [2.45, 2.75) is 26.8 Å². The smallest absolute Gasteiger partial charge is 0.338 e. The topological polar surface area (TPSA) is 70.7 Å². The van der Waals surface area contributed by atoms with Crippen molar-refractivity contribution in [1.82, 2.24) is 10.2 Å². The number of nitrogens with one attached hydrogen (secondary N) is 2. The molecule has 1 amide bonds. The average Bonchev–Trinajstić information content (AvgIpc) is 2.73. The van der Waals surface area contributed by atoms with Crippen LogP contribution in [-0.2, 0) is 9.53 Å². The standard InChI is InChI=1S/C23H23Cl2N3O3S/c1-4-28-13(3)19(22(30)31-5-2)20(27-23(28)32)14-6-8-18(9-7-14)26-21(29)15-10-16(24)12-17(25)11-15/h6-12,20H,4-5H2,1-3H3,(H,26,29)(H,27,32)/t20-/m1/s1. The summed E-state index contributed by atoms with van der Waals surface area (Å²) >= 11 is 17.5. The molecule has 0 saturated carbocycles. The number of rotatable bonds is 6. The number of carbonyl (C=O) groups is 2. The Morgan fingerprint density at radius 3 is 2.31 bits per heavy atom. The number of ether oxygens (including phenoxy) is 1. The van der Waals surface area contributed by atoms with Gasteiger partial charge in [0.1, 0.15) is 0 Å². The predicted molar refractivity (Wildman–Crippen MR) is 131 cm³/mol. The molecule has 0 unspecified atom stereocenters. The fraction of sp³-hybridized carbons (Fsp3) is 0.261. The number of esters is 1. The molecule has 0 fully saturated rings. The molecule has 0 spiro atoms. The van der Waals surface area contributed by atoms with Crippen molar-refractivity contribution >= 4 is 58.1 Å². The lowest BCUT2D eigenvalue weighted by atomic mass is 9.95. The van der Waals surface area contributed by atoms with Gasteiger partial charge in [0, 0.05) is 33.5 Å². The maximum absolute atomic E-state index is 12.7. The summed E-state index contributed by atoms with van der Waals surface area (Å²) in [7, 11) is 0. The molecule has 0 radical (unpaired) electrons. The van der Waals surface area contributed by atoms with E-state index in [0.29, 0.717) is 38.5 Å². The zero-order chi connectivity index (χ0) is 23.4. The summed E-state index contributed by atoms with van der Waals surface area (Å²) in [5.74, 6) is -0.723.